The molecule has 0 aromatic heterocycles. The maximum Gasteiger partial charge on any atom is 0.0558 e. The predicted molar refractivity (Wildman–Crippen MR) is 84.9 cm³/mol. The molecule has 0 aromatic carbocycles. The molecule has 0 aromatic rings. The second-order valence-electron chi connectivity index (χ2n) is 7.51. The quantitative estimate of drug-likeness (QED) is 0.682. The molecule has 2 rings (SSSR count). The van der Waals surface area contributed by atoms with Crippen LogP contribution in [-0.4, -0.2) is 48.8 Å². The van der Waals surface area contributed by atoms with Gasteiger partial charge < -0.3 is 10.4 Å². The molecule has 3 heteroatoms. The lowest BCUT2D eigenvalue weighted by molar-refractivity contribution is 0.0833. The Morgan fingerprint density at radius 1 is 1.20 bits per heavy atom. The number of aliphatic hydroxyl groups excluding tert-OH is 1. The molecule has 20 heavy (non-hydrogen) atoms. The van der Waals surface area contributed by atoms with E-state index in [1.807, 2.05) is 0 Å². The zero-order valence-corrected chi connectivity index (χ0v) is 13.5. The first-order chi connectivity index (χ1) is 9.65. The topological polar surface area (TPSA) is 35.5 Å². The maximum atomic E-state index is 9.32. The third kappa shape index (κ3) is 5.01. The molecule has 0 aliphatic heterocycles. The summed E-state index contributed by atoms with van der Waals surface area (Å²) in [6.45, 7) is 9.24. The highest BCUT2D eigenvalue weighted by Gasteiger charge is 2.38. The summed E-state index contributed by atoms with van der Waals surface area (Å²) in [7, 11) is 0. The SMILES string of the molecule is CC(C)CNCC1(CN(CCO)C2CC2)CCCCC1. The van der Waals surface area contributed by atoms with E-state index in [0.29, 0.717) is 12.0 Å². The zero-order valence-electron chi connectivity index (χ0n) is 13.5. The molecule has 0 amide bonds. The molecular formula is C17H34N2O. The summed E-state index contributed by atoms with van der Waals surface area (Å²) in [5.74, 6) is 0.729. The predicted octanol–water partition coefficient (Wildman–Crippen LogP) is 2.64. The van der Waals surface area contributed by atoms with Crippen LogP contribution >= 0.6 is 0 Å². The van der Waals surface area contributed by atoms with Crippen LogP contribution in [0.3, 0.4) is 0 Å². The molecule has 2 aliphatic rings. The number of hydrogen-bond acceptors (Lipinski definition) is 3. The van der Waals surface area contributed by atoms with E-state index in [-0.39, 0.29) is 0 Å². The molecule has 0 unspecified atom stereocenters. The van der Waals surface area contributed by atoms with Crippen molar-refractivity contribution in [2.24, 2.45) is 11.3 Å². The average Bonchev–Trinajstić information content (AvgIpc) is 3.23. The minimum Gasteiger partial charge on any atom is -0.395 e. The third-order valence-electron chi connectivity index (χ3n) is 4.96. The summed E-state index contributed by atoms with van der Waals surface area (Å²) in [5, 5.41) is 13.0. The Bertz CT molecular complexity index is 270. The minimum absolute atomic E-state index is 0.312. The molecule has 0 atom stereocenters. The van der Waals surface area contributed by atoms with Gasteiger partial charge in [0, 0.05) is 25.7 Å². The van der Waals surface area contributed by atoms with Crippen molar-refractivity contribution in [2.75, 3.05) is 32.8 Å². The molecule has 0 spiro atoms. The smallest absolute Gasteiger partial charge is 0.0558 e. The molecule has 0 radical (unpaired) electrons. The van der Waals surface area contributed by atoms with Gasteiger partial charge in [0.25, 0.3) is 0 Å². The van der Waals surface area contributed by atoms with Crippen LogP contribution in [-0.2, 0) is 0 Å². The lowest BCUT2D eigenvalue weighted by atomic mass is 9.73. The van der Waals surface area contributed by atoms with E-state index >= 15 is 0 Å². The molecule has 0 bridgehead atoms. The fourth-order valence-electron chi connectivity index (χ4n) is 3.71. The van der Waals surface area contributed by atoms with Crippen molar-refractivity contribution in [1.82, 2.24) is 10.2 Å². The fourth-order valence-corrected chi connectivity index (χ4v) is 3.71. The van der Waals surface area contributed by atoms with Crippen molar-refractivity contribution in [2.45, 2.75) is 64.8 Å². The highest BCUT2D eigenvalue weighted by atomic mass is 16.3. The Kier molecular flexibility index (Phi) is 6.31. The van der Waals surface area contributed by atoms with Crippen molar-refractivity contribution in [3.8, 4) is 0 Å². The first-order valence-corrected chi connectivity index (χ1v) is 8.71. The number of nitrogens with zero attached hydrogens (tertiary/aromatic N) is 1. The van der Waals surface area contributed by atoms with Gasteiger partial charge in [0.15, 0.2) is 0 Å². The summed E-state index contributed by atoms with van der Waals surface area (Å²) in [4.78, 5) is 2.57. The van der Waals surface area contributed by atoms with Crippen molar-refractivity contribution >= 4 is 0 Å². The zero-order chi connectivity index (χ0) is 14.4. The highest BCUT2D eigenvalue weighted by Crippen LogP contribution is 2.39. The average molecular weight is 282 g/mol. The molecular weight excluding hydrogens is 248 g/mol. The second kappa shape index (κ2) is 7.77. The van der Waals surface area contributed by atoms with E-state index in [9.17, 15) is 5.11 Å². The third-order valence-corrected chi connectivity index (χ3v) is 4.96. The van der Waals surface area contributed by atoms with E-state index in [0.717, 1.165) is 25.0 Å². The Morgan fingerprint density at radius 3 is 2.45 bits per heavy atom. The summed E-state index contributed by atoms with van der Waals surface area (Å²) in [5.41, 5.74) is 0.463. The van der Waals surface area contributed by atoms with Crippen molar-refractivity contribution in [3.63, 3.8) is 0 Å². The number of hydrogen-bond donors (Lipinski definition) is 2. The Labute approximate surface area is 125 Å². The molecule has 0 saturated heterocycles. The van der Waals surface area contributed by atoms with E-state index in [1.54, 1.807) is 0 Å². The molecule has 3 nitrogen and oxygen atoms in total. The van der Waals surface area contributed by atoms with Crippen molar-refractivity contribution < 1.29 is 5.11 Å². The maximum absolute atomic E-state index is 9.32. The van der Waals surface area contributed by atoms with E-state index in [4.69, 9.17) is 0 Å². The Hall–Kier alpha value is -0.120. The monoisotopic (exact) mass is 282 g/mol. The van der Waals surface area contributed by atoms with Gasteiger partial charge in [0.1, 0.15) is 0 Å². The first kappa shape index (κ1) is 16.3. The number of nitrogens with one attached hydrogen (secondary N) is 1. The van der Waals surface area contributed by atoms with Gasteiger partial charge in [0.05, 0.1) is 6.61 Å². The summed E-state index contributed by atoms with van der Waals surface area (Å²) in [6.07, 6.45) is 9.61. The van der Waals surface area contributed by atoms with Crippen molar-refractivity contribution in [3.05, 3.63) is 0 Å². The van der Waals surface area contributed by atoms with Crippen LogP contribution in [0.5, 0.6) is 0 Å². The van der Waals surface area contributed by atoms with Gasteiger partial charge in [-0.05, 0) is 43.6 Å². The second-order valence-corrected chi connectivity index (χ2v) is 7.51. The lowest BCUT2D eigenvalue weighted by Crippen LogP contribution is -2.47. The number of aliphatic hydroxyl groups is 1. The molecule has 2 aliphatic carbocycles. The molecule has 2 fully saturated rings. The standard InChI is InChI=1S/C17H34N2O/c1-15(2)12-18-13-17(8-4-3-5-9-17)14-19(10-11-20)16-6-7-16/h15-16,18,20H,3-14H2,1-2H3. The summed E-state index contributed by atoms with van der Waals surface area (Å²) < 4.78 is 0. The lowest BCUT2D eigenvalue weighted by Gasteiger charge is -2.42. The molecule has 0 heterocycles. The Balaban J connectivity index is 1.90. The normalized spacial score (nSPS) is 22.6. The molecule has 118 valence electrons. The fraction of sp³-hybridized carbons (Fsp3) is 1.00. The van der Waals surface area contributed by atoms with Crippen LogP contribution in [0.25, 0.3) is 0 Å². The Morgan fingerprint density at radius 2 is 1.90 bits per heavy atom. The van der Waals surface area contributed by atoms with Gasteiger partial charge in [-0.2, -0.15) is 0 Å². The molecule has 2 N–H and O–H groups in total. The van der Waals surface area contributed by atoms with Crippen LogP contribution in [0.15, 0.2) is 0 Å². The van der Waals surface area contributed by atoms with Crippen LogP contribution < -0.4 is 5.32 Å². The van der Waals surface area contributed by atoms with Gasteiger partial charge in [-0.1, -0.05) is 33.1 Å². The van der Waals surface area contributed by atoms with Gasteiger partial charge >= 0.3 is 0 Å². The van der Waals surface area contributed by atoms with E-state index < -0.39 is 0 Å². The van der Waals surface area contributed by atoms with Gasteiger partial charge in [-0.25, -0.2) is 0 Å². The first-order valence-electron chi connectivity index (χ1n) is 8.71. The van der Waals surface area contributed by atoms with Gasteiger partial charge in [-0.3, -0.25) is 4.90 Å². The van der Waals surface area contributed by atoms with Crippen LogP contribution in [0, 0.1) is 11.3 Å². The molecule has 2 saturated carbocycles. The largest absolute Gasteiger partial charge is 0.395 e. The van der Waals surface area contributed by atoms with E-state index in [1.165, 1.54) is 58.0 Å². The van der Waals surface area contributed by atoms with Crippen LogP contribution in [0.4, 0.5) is 0 Å². The van der Waals surface area contributed by atoms with Gasteiger partial charge in [-0.15, -0.1) is 0 Å². The number of rotatable bonds is 9. The van der Waals surface area contributed by atoms with Crippen LogP contribution in [0.2, 0.25) is 0 Å². The summed E-state index contributed by atoms with van der Waals surface area (Å²) in [6, 6.07) is 0.769. The van der Waals surface area contributed by atoms with Gasteiger partial charge in [0.2, 0.25) is 0 Å². The summed E-state index contributed by atoms with van der Waals surface area (Å²) >= 11 is 0. The van der Waals surface area contributed by atoms with E-state index in [2.05, 4.69) is 24.1 Å². The van der Waals surface area contributed by atoms with Crippen LogP contribution in [0.1, 0.15) is 58.8 Å². The highest BCUT2D eigenvalue weighted by molar-refractivity contribution is 4.93. The van der Waals surface area contributed by atoms with Crippen molar-refractivity contribution in [1.29, 1.82) is 0 Å². The minimum atomic E-state index is 0.312.